The zero-order chi connectivity index (χ0) is 20.3. The molecular formula is C21H22F2N2O3. The second-order valence-corrected chi connectivity index (χ2v) is 7.17. The van der Waals surface area contributed by atoms with Gasteiger partial charge < -0.3 is 10.1 Å². The van der Waals surface area contributed by atoms with E-state index in [-0.39, 0.29) is 18.2 Å². The molecule has 1 atom stereocenters. The molecule has 0 aromatic heterocycles. The number of urea groups is 1. The number of imide groups is 1. The van der Waals surface area contributed by atoms with E-state index in [4.69, 9.17) is 0 Å². The van der Waals surface area contributed by atoms with Crippen LogP contribution in [0, 0.1) is 6.92 Å². The lowest BCUT2D eigenvalue weighted by molar-refractivity contribution is -0.131. The van der Waals surface area contributed by atoms with Gasteiger partial charge in [0, 0.05) is 0 Å². The lowest BCUT2D eigenvalue weighted by Crippen LogP contribution is -2.44. The van der Waals surface area contributed by atoms with Gasteiger partial charge in [0.2, 0.25) is 0 Å². The monoisotopic (exact) mass is 388 g/mol. The number of rotatable bonds is 7. The van der Waals surface area contributed by atoms with Crippen LogP contribution in [0.2, 0.25) is 0 Å². The summed E-state index contributed by atoms with van der Waals surface area (Å²) in [6.07, 6.45) is 0.909. The smallest absolute Gasteiger partial charge is 0.387 e. The van der Waals surface area contributed by atoms with Gasteiger partial charge in [-0.3, -0.25) is 9.69 Å². The predicted octanol–water partition coefficient (Wildman–Crippen LogP) is 4.04. The number of hydrogen-bond donors (Lipinski definition) is 1. The number of carbonyl (C=O) groups is 2. The fourth-order valence-electron chi connectivity index (χ4n) is 3.29. The first-order valence-corrected chi connectivity index (χ1v) is 9.00. The first-order chi connectivity index (χ1) is 13.3. The Labute approximate surface area is 162 Å². The molecule has 0 spiro atoms. The van der Waals surface area contributed by atoms with E-state index >= 15 is 0 Å². The van der Waals surface area contributed by atoms with Gasteiger partial charge in [0.15, 0.2) is 0 Å². The molecule has 1 fully saturated rings. The number of nitrogens with zero attached hydrogens (tertiary/aromatic N) is 1. The number of hydrogen-bond acceptors (Lipinski definition) is 3. The number of amides is 3. The van der Waals surface area contributed by atoms with Crippen LogP contribution >= 0.6 is 0 Å². The van der Waals surface area contributed by atoms with Crippen LogP contribution in [-0.2, 0) is 17.8 Å². The first kappa shape index (κ1) is 19.8. The Bertz CT molecular complexity index is 870. The fourth-order valence-corrected chi connectivity index (χ4v) is 3.29. The molecule has 28 heavy (non-hydrogen) atoms. The van der Waals surface area contributed by atoms with Crippen molar-refractivity contribution in [3.05, 3.63) is 65.2 Å². The minimum atomic E-state index is -2.87. The quantitative estimate of drug-likeness (QED) is 0.729. The third-order valence-electron chi connectivity index (χ3n) is 4.83. The minimum Gasteiger partial charge on any atom is -0.435 e. The third kappa shape index (κ3) is 4.47. The van der Waals surface area contributed by atoms with E-state index in [2.05, 4.69) is 10.1 Å². The molecule has 0 saturated carbocycles. The standard InChI is InChI=1S/C21H22F2N2O3/c1-14-4-3-5-16(12-14)13-25-18(26)21(2,24-20(25)27)11-10-15-6-8-17(9-7-15)28-19(22)23/h3-9,12,19H,10-11,13H2,1-2H3,(H,24,27). The van der Waals surface area contributed by atoms with Crippen LogP contribution in [0.5, 0.6) is 5.75 Å². The van der Waals surface area contributed by atoms with Crippen LogP contribution in [0.4, 0.5) is 13.6 Å². The Kier molecular flexibility index (Phi) is 5.63. The molecule has 0 bridgehead atoms. The van der Waals surface area contributed by atoms with Gasteiger partial charge in [-0.25, -0.2) is 4.79 Å². The maximum Gasteiger partial charge on any atom is 0.387 e. The summed E-state index contributed by atoms with van der Waals surface area (Å²) in [5, 5.41) is 2.79. The Balaban J connectivity index is 1.64. The molecule has 1 aliphatic rings. The zero-order valence-electron chi connectivity index (χ0n) is 15.7. The molecule has 1 N–H and O–H groups in total. The van der Waals surface area contributed by atoms with Crippen LogP contribution in [-0.4, -0.2) is 29.0 Å². The highest BCUT2D eigenvalue weighted by molar-refractivity contribution is 6.06. The van der Waals surface area contributed by atoms with E-state index in [0.717, 1.165) is 16.7 Å². The van der Waals surface area contributed by atoms with Gasteiger partial charge in [-0.15, -0.1) is 0 Å². The van der Waals surface area contributed by atoms with E-state index in [0.29, 0.717) is 12.8 Å². The SMILES string of the molecule is Cc1cccc(CN2C(=O)NC(C)(CCc3ccc(OC(F)F)cc3)C2=O)c1. The van der Waals surface area contributed by atoms with Gasteiger partial charge in [-0.2, -0.15) is 8.78 Å². The van der Waals surface area contributed by atoms with E-state index in [1.54, 1.807) is 19.1 Å². The number of benzene rings is 2. The van der Waals surface area contributed by atoms with Gasteiger partial charge in [0.05, 0.1) is 6.54 Å². The molecule has 1 aliphatic heterocycles. The van der Waals surface area contributed by atoms with E-state index < -0.39 is 18.2 Å². The number of ether oxygens (including phenoxy) is 1. The number of alkyl halides is 2. The highest BCUT2D eigenvalue weighted by Gasteiger charge is 2.47. The van der Waals surface area contributed by atoms with Crippen molar-refractivity contribution in [3.8, 4) is 5.75 Å². The molecule has 1 unspecified atom stereocenters. The van der Waals surface area contributed by atoms with E-state index in [1.165, 1.54) is 17.0 Å². The van der Waals surface area contributed by atoms with Crippen molar-refractivity contribution in [3.63, 3.8) is 0 Å². The molecule has 0 aliphatic carbocycles. The number of nitrogens with one attached hydrogen (secondary N) is 1. The molecule has 148 valence electrons. The second-order valence-electron chi connectivity index (χ2n) is 7.17. The molecule has 1 saturated heterocycles. The largest absolute Gasteiger partial charge is 0.435 e. The third-order valence-corrected chi connectivity index (χ3v) is 4.83. The molecule has 3 amide bonds. The van der Waals surface area contributed by atoms with Crippen molar-refractivity contribution < 1.29 is 23.1 Å². The predicted molar refractivity (Wildman–Crippen MR) is 100 cm³/mol. The van der Waals surface area contributed by atoms with Crippen LogP contribution in [0.1, 0.15) is 30.0 Å². The molecule has 1 heterocycles. The molecule has 3 rings (SSSR count). The molecule has 2 aromatic carbocycles. The highest BCUT2D eigenvalue weighted by Crippen LogP contribution is 2.25. The minimum absolute atomic E-state index is 0.0829. The Morgan fingerprint density at radius 2 is 1.82 bits per heavy atom. The van der Waals surface area contributed by atoms with Crippen molar-refractivity contribution in [2.75, 3.05) is 0 Å². The number of halogens is 2. The molecule has 2 aromatic rings. The summed E-state index contributed by atoms with van der Waals surface area (Å²) in [6.45, 7) is 1.02. The summed E-state index contributed by atoms with van der Waals surface area (Å²) < 4.78 is 28.8. The molecule has 0 radical (unpaired) electrons. The van der Waals surface area contributed by atoms with E-state index in [1.807, 2.05) is 31.2 Å². The zero-order valence-corrected chi connectivity index (χ0v) is 15.7. The molecule has 7 heteroatoms. The fraction of sp³-hybridized carbons (Fsp3) is 0.333. The van der Waals surface area contributed by atoms with Gasteiger partial charge >= 0.3 is 12.6 Å². The molecular weight excluding hydrogens is 366 g/mol. The number of carbonyl (C=O) groups excluding carboxylic acids is 2. The second kappa shape index (κ2) is 7.96. The summed E-state index contributed by atoms with van der Waals surface area (Å²) in [5.74, 6) is -0.184. The summed E-state index contributed by atoms with van der Waals surface area (Å²) in [5.41, 5.74) is 1.81. The Morgan fingerprint density at radius 3 is 2.46 bits per heavy atom. The Morgan fingerprint density at radius 1 is 1.11 bits per heavy atom. The van der Waals surface area contributed by atoms with Crippen molar-refractivity contribution >= 4 is 11.9 Å². The average molecular weight is 388 g/mol. The van der Waals surface area contributed by atoms with Gasteiger partial charge in [0.25, 0.3) is 5.91 Å². The maximum absolute atomic E-state index is 12.9. The summed E-state index contributed by atoms with van der Waals surface area (Å²) in [7, 11) is 0. The van der Waals surface area contributed by atoms with Gasteiger partial charge in [-0.05, 0) is 49.9 Å². The maximum atomic E-state index is 12.9. The van der Waals surface area contributed by atoms with Crippen molar-refractivity contribution in [1.82, 2.24) is 10.2 Å². The first-order valence-electron chi connectivity index (χ1n) is 9.00. The lowest BCUT2D eigenvalue weighted by Gasteiger charge is -2.22. The van der Waals surface area contributed by atoms with Crippen LogP contribution < -0.4 is 10.1 Å². The lowest BCUT2D eigenvalue weighted by atomic mass is 9.93. The van der Waals surface area contributed by atoms with Gasteiger partial charge in [0.1, 0.15) is 11.3 Å². The van der Waals surface area contributed by atoms with Gasteiger partial charge in [-0.1, -0.05) is 42.0 Å². The van der Waals surface area contributed by atoms with Crippen molar-refractivity contribution in [1.29, 1.82) is 0 Å². The molecule has 5 nitrogen and oxygen atoms in total. The average Bonchev–Trinajstić information content (AvgIpc) is 2.84. The van der Waals surface area contributed by atoms with E-state index in [9.17, 15) is 18.4 Å². The summed E-state index contributed by atoms with van der Waals surface area (Å²) >= 11 is 0. The van der Waals surface area contributed by atoms with Crippen molar-refractivity contribution in [2.45, 2.75) is 45.4 Å². The topological polar surface area (TPSA) is 58.6 Å². The Hall–Kier alpha value is -2.96. The van der Waals surface area contributed by atoms with Crippen molar-refractivity contribution in [2.24, 2.45) is 0 Å². The van der Waals surface area contributed by atoms with Crippen LogP contribution in [0.15, 0.2) is 48.5 Å². The van der Waals surface area contributed by atoms with Crippen LogP contribution in [0.25, 0.3) is 0 Å². The normalized spacial score (nSPS) is 19.2. The number of aryl methyl sites for hydroxylation is 2. The summed E-state index contributed by atoms with van der Waals surface area (Å²) in [4.78, 5) is 26.4. The van der Waals surface area contributed by atoms with Crippen LogP contribution in [0.3, 0.4) is 0 Å². The highest BCUT2D eigenvalue weighted by atomic mass is 19.3. The summed E-state index contributed by atoms with van der Waals surface area (Å²) in [6, 6.07) is 13.5.